The number of aliphatic imine (C=N–C) groups is 1. The van der Waals surface area contributed by atoms with E-state index in [4.69, 9.17) is 9.47 Å². The number of nitrogens with zero attached hydrogens (tertiary/aromatic N) is 2. The fraction of sp³-hybridized carbons (Fsp3) is 0.529. The van der Waals surface area contributed by atoms with Crippen molar-refractivity contribution >= 4 is 29.5 Å². The first kappa shape index (κ1) is 19.2. The summed E-state index contributed by atoms with van der Waals surface area (Å²) < 4.78 is 10.5. The van der Waals surface area contributed by atoms with Crippen molar-refractivity contribution in [1.29, 1.82) is 0 Å². The Bertz CT molecular complexity index is 733. The fourth-order valence-electron chi connectivity index (χ4n) is 2.35. The van der Waals surface area contributed by atoms with Crippen LogP contribution in [0.15, 0.2) is 11.1 Å². The quantitative estimate of drug-likeness (QED) is 0.614. The van der Waals surface area contributed by atoms with Crippen LogP contribution in [0.5, 0.6) is 5.75 Å². The summed E-state index contributed by atoms with van der Waals surface area (Å²) >= 11 is 1.51. The van der Waals surface area contributed by atoms with Gasteiger partial charge in [0.15, 0.2) is 5.84 Å². The van der Waals surface area contributed by atoms with Crippen LogP contribution in [0.1, 0.15) is 42.5 Å². The highest BCUT2D eigenvalue weighted by atomic mass is 32.2. The number of rotatable bonds is 6. The summed E-state index contributed by atoms with van der Waals surface area (Å²) in [5.41, 5.74) is 0.202. The molecule has 8 heteroatoms. The first-order valence-electron chi connectivity index (χ1n) is 7.88. The van der Waals surface area contributed by atoms with Crippen molar-refractivity contribution in [3.63, 3.8) is 0 Å². The molecule has 1 aliphatic heterocycles. The van der Waals surface area contributed by atoms with Crippen LogP contribution < -0.4 is 10.1 Å². The maximum Gasteiger partial charge on any atom is 0.340 e. The molecule has 0 aromatic carbocycles. The average molecular weight is 365 g/mol. The third-order valence-electron chi connectivity index (χ3n) is 4.29. The normalized spacial score (nSPS) is 19.6. The standard InChI is InChI=1S/C17H23N3O4S/c1-9(2)17(4)16(22)19-14(20-17)13-11(15(21)23-5)7-12(10(3)18-13)24-8-25-6/h7,9H,8H2,1-6H3,(H,19,20,22). The number of thioether (sulfide) groups is 1. The molecule has 1 aromatic heterocycles. The lowest BCUT2D eigenvalue weighted by Crippen LogP contribution is -2.41. The van der Waals surface area contributed by atoms with Gasteiger partial charge in [0, 0.05) is 0 Å². The third kappa shape index (κ3) is 3.63. The van der Waals surface area contributed by atoms with Crippen LogP contribution >= 0.6 is 11.8 Å². The van der Waals surface area contributed by atoms with E-state index in [0.717, 1.165) is 0 Å². The van der Waals surface area contributed by atoms with Crippen molar-refractivity contribution in [2.75, 3.05) is 19.3 Å². The number of carbonyl (C=O) groups is 2. The van der Waals surface area contributed by atoms with Gasteiger partial charge in [-0.2, -0.15) is 0 Å². The maximum atomic E-state index is 12.4. The molecule has 0 bridgehead atoms. The highest BCUT2D eigenvalue weighted by Crippen LogP contribution is 2.29. The number of pyridine rings is 1. The Morgan fingerprint density at radius 3 is 2.64 bits per heavy atom. The number of ether oxygens (including phenoxy) is 2. The number of carbonyl (C=O) groups excluding carboxylic acids is 2. The van der Waals surface area contributed by atoms with E-state index in [1.165, 1.54) is 18.9 Å². The molecule has 1 unspecified atom stereocenters. The van der Waals surface area contributed by atoms with Crippen LogP contribution in [-0.4, -0.2) is 47.5 Å². The molecule has 1 N–H and O–H groups in total. The van der Waals surface area contributed by atoms with Gasteiger partial charge < -0.3 is 14.8 Å². The van der Waals surface area contributed by atoms with Crippen LogP contribution in [0.25, 0.3) is 0 Å². The number of hydrogen-bond donors (Lipinski definition) is 1. The van der Waals surface area contributed by atoms with Crippen molar-refractivity contribution in [2.45, 2.75) is 33.2 Å². The van der Waals surface area contributed by atoms with Crippen molar-refractivity contribution in [3.8, 4) is 5.75 Å². The number of esters is 1. The van der Waals surface area contributed by atoms with Crippen molar-refractivity contribution < 1.29 is 19.1 Å². The van der Waals surface area contributed by atoms with E-state index in [-0.39, 0.29) is 23.2 Å². The Morgan fingerprint density at radius 2 is 2.12 bits per heavy atom. The molecule has 1 atom stereocenters. The van der Waals surface area contributed by atoms with Gasteiger partial charge in [0.25, 0.3) is 5.91 Å². The van der Waals surface area contributed by atoms with Crippen LogP contribution in [0, 0.1) is 12.8 Å². The van der Waals surface area contributed by atoms with Crippen molar-refractivity contribution in [3.05, 3.63) is 23.0 Å². The summed E-state index contributed by atoms with van der Waals surface area (Å²) in [5.74, 6) is 0.432. The molecule has 0 fully saturated rings. The van der Waals surface area contributed by atoms with Crippen LogP contribution in [-0.2, 0) is 9.53 Å². The molecular formula is C17H23N3O4S. The van der Waals surface area contributed by atoms with E-state index in [1.54, 1.807) is 19.9 Å². The van der Waals surface area contributed by atoms with Gasteiger partial charge in [-0.25, -0.2) is 14.8 Å². The number of aromatic nitrogens is 1. The number of nitrogens with one attached hydrogen (secondary N) is 1. The number of aryl methyl sites for hydroxylation is 1. The Morgan fingerprint density at radius 1 is 1.44 bits per heavy atom. The third-order valence-corrected chi connectivity index (χ3v) is 4.64. The minimum atomic E-state index is -0.896. The summed E-state index contributed by atoms with van der Waals surface area (Å²) in [6.07, 6.45) is 1.91. The zero-order valence-electron chi connectivity index (χ0n) is 15.3. The second-order valence-corrected chi connectivity index (χ2v) is 7.04. The summed E-state index contributed by atoms with van der Waals surface area (Å²) in [6.45, 7) is 7.39. The number of amidine groups is 1. The smallest absolute Gasteiger partial charge is 0.340 e. The summed E-state index contributed by atoms with van der Waals surface area (Å²) in [7, 11) is 1.29. The summed E-state index contributed by atoms with van der Waals surface area (Å²) in [6, 6.07) is 1.58. The molecule has 1 aliphatic rings. The first-order chi connectivity index (χ1) is 11.7. The first-order valence-corrected chi connectivity index (χ1v) is 9.27. The van der Waals surface area contributed by atoms with E-state index >= 15 is 0 Å². The van der Waals surface area contributed by atoms with E-state index in [0.29, 0.717) is 23.1 Å². The van der Waals surface area contributed by atoms with Gasteiger partial charge in [0.05, 0.1) is 18.4 Å². The fourth-order valence-corrected chi connectivity index (χ4v) is 2.59. The number of hydrogen-bond acceptors (Lipinski definition) is 7. The molecule has 7 nitrogen and oxygen atoms in total. The van der Waals surface area contributed by atoms with Gasteiger partial charge in [-0.05, 0) is 32.1 Å². The monoisotopic (exact) mass is 365 g/mol. The molecular weight excluding hydrogens is 342 g/mol. The maximum absolute atomic E-state index is 12.4. The van der Waals surface area contributed by atoms with Crippen LogP contribution in [0.3, 0.4) is 0 Å². The largest absolute Gasteiger partial charge is 0.481 e. The van der Waals surface area contributed by atoms with E-state index < -0.39 is 11.5 Å². The predicted octanol–water partition coefficient (Wildman–Crippen LogP) is 2.17. The molecule has 2 rings (SSSR count). The van der Waals surface area contributed by atoms with Crippen molar-refractivity contribution in [1.82, 2.24) is 10.3 Å². The predicted molar refractivity (Wildman–Crippen MR) is 97.2 cm³/mol. The topological polar surface area (TPSA) is 89.9 Å². The molecule has 0 saturated heterocycles. The van der Waals surface area contributed by atoms with Gasteiger partial charge in [0.1, 0.15) is 22.9 Å². The molecule has 1 aromatic rings. The zero-order valence-corrected chi connectivity index (χ0v) is 16.1. The lowest BCUT2D eigenvalue weighted by atomic mass is 9.89. The lowest BCUT2D eigenvalue weighted by molar-refractivity contribution is -0.124. The van der Waals surface area contributed by atoms with E-state index in [1.807, 2.05) is 20.1 Å². The molecule has 136 valence electrons. The lowest BCUT2D eigenvalue weighted by Gasteiger charge is -2.21. The minimum Gasteiger partial charge on any atom is -0.481 e. The average Bonchev–Trinajstić information content (AvgIpc) is 2.89. The molecule has 0 saturated carbocycles. The van der Waals surface area contributed by atoms with Crippen molar-refractivity contribution in [2.24, 2.45) is 10.9 Å². The second kappa shape index (κ2) is 7.43. The highest BCUT2D eigenvalue weighted by molar-refractivity contribution is 7.98. The molecule has 25 heavy (non-hydrogen) atoms. The van der Waals surface area contributed by atoms with E-state index in [2.05, 4.69) is 15.3 Å². The Hall–Kier alpha value is -2.09. The number of methoxy groups -OCH3 is 1. The van der Waals surface area contributed by atoms with Crippen LogP contribution in [0.2, 0.25) is 0 Å². The van der Waals surface area contributed by atoms with Gasteiger partial charge >= 0.3 is 5.97 Å². The molecule has 0 aliphatic carbocycles. The van der Waals surface area contributed by atoms with E-state index in [9.17, 15) is 9.59 Å². The minimum absolute atomic E-state index is 0.00291. The summed E-state index contributed by atoms with van der Waals surface area (Å²) in [4.78, 5) is 33.6. The Kier molecular flexibility index (Phi) is 5.72. The van der Waals surface area contributed by atoms with Gasteiger partial charge in [0.2, 0.25) is 0 Å². The Labute approximate surface area is 151 Å². The van der Waals surface area contributed by atoms with Gasteiger partial charge in [-0.3, -0.25) is 4.79 Å². The Balaban J connectivity index is 2.55. The number of amides is 1. The van der Waals surface area contributed by atoms with Crippen LogP contribution in [0.4, 0.5) is 0 Å². The SMILES string of the molecule is COC(=O)c1cc(OCSC)c(C)nc1C1=NC(C)(C(C)C)C(=O)N1. The highest BCUT2D eigenvalue weighted by Gasteiger charge is 2.43. The molecule has 0 radical (unpaired) electrons. The van der Waals surface area contributed by atoms with Gasteiger partial charge in [-0.15, -0.1) is 11.8 Å². The zero-order chi connectivity index (χ0) is 18.8. The molecule has 2 heterocycles. The summed E-state index contributed by atoms with van der Waals surface area (Å²) in [5, 5.41) is 2.75. The second-order valence-electron chi connectivity index (χ2n) is 6.23. The molecule has 1 amide bonds. The van der Waals surface area contributed by atoms with Gasteiger partial charge in [-0.1, -0.05) is 13.8 Å². The molecule has 0 spiro atoms.